The monoisotopic (exact) mass is 529 g/mol. The zero-order valence-corrected chi connectivity index (χ0v) is 20.9. The summed E-state index contributed by atoms with van der Waals surface area (Å²) in [5, 5.41) is 18.4. The lowest BCUT2D eigenvalue weighted by Gasteiger charge is -2.06. The van der Waals surface area contributed by atoms with Crippen LogP contribution in [0.25, 0.3) is 11.5 Å². The number of amides is 2. The fourth-order valence-electron chi connectivity index (χ4n) is 2.80. The average molecular weight is 530 g/mol. The first-order valence-corrected chi connectivity index (χ1v) is 12.7. The number of pyridine rings is 1. The number of rotatable bonds is 10. The topological polar surface area (TPSA) is 136 Å². The number of carbonyl (C=O) groups excluding carboxylic acids is 2. The van der Waals surface area contributed by atoms with E-state index in [9.17, 15) is 9.59 Å². The Balaban J connectivity index is 1.17. The molecule has 0 radical (unpaired) electrons. The summed E-state index contributed by atoms with van der Waals surface area (Å²) in [6.45, 7) is 1.90. The van der Waals surface area contributed by atoms with Crippen LogP contribution in [0.3, 0.4) is 0 Å². The van der Waals surface area contributed by atoms with Gasteiger partial charge in [0, 0.05) is 41.9 Å². The van der Waals surface area contributed by atoms with Crippen molar-refractivity contribution in [2.75, 3.05) is 16.4 Å². The molecule has 0 aliphatic heterocycles. The van der Waals surface area contributed by atoms with Crippen LogP contribution in [0.2, 0.25) is 5.02 Å². The molecule has 0 spiro atoms. The summed E-state index contributed by atoms with van der Waals surface area (Å²) >= 11 is 8.72. The van der Waals surface area contributed by atoms with Crippen molar-refractivity contribution >= 4 is 57.3 Å². The van der Waals surface area contributed by atoms with E-state index in [0.29, 0.717) is 49.8 Å². The van der Waals surface area contributed by atoms with E-state index in [-0.39, 0.29) is 24.7 Å². The maximum absolute atomic E-state index is 12.3. The van der Waals surface area contributed by atoms with Crippen molar-refractivity contribution in [3.8, 4) is 11.5 Å². The van der Waals surface area contributed by atoms with Gasteiger partial charge in [0.2, 0.25) is 28.7 Å². The van der Waals surface area contributed by atoms with Crippen LogP contribution in [0, 0.1) is 6.92 Å². The highest BCUT2D eigenvalue weighted by Crippen LogP contribution is 2.26. The molecule has 0 aliphatic carbocycles. The third kappa shape index (κ3) is 7.31. The standard InChI is InChI=1S/C22H20ClN7O3S2/c1-13-5-6-14(12-15(13)23)25-18(32)9-11-34-22-29-28-21(35-22)26-17(31)7-8-19-27-20(30-33-19)16-4-2-3-10-24-16/h2-6,10,12H,7-9,11H2,1H3,(H,25,32)(H,26,28,31). The Kier molecular flexibility index (Phi) is 8.40. The van der Waals surface area contributed by atoms with Gasteiger partial charge in [-0.15, -0.1) is 10.2 Å². The van der Waals surface area contributed by atoms with Crippen LogP contribution in [0.4, 0.5) is 10.8 Å². The van der Waals surface area contributed by atoms with Gasteiger partial charge in [0.05, 0.1) is 0 Å². The molecule has 35 heavy (non-hydrogen) atoms. The summed E-state index contributed by atoms with van der Waals surface area (Å²) in [6, 6.07) is 10.8. The third-order valence-electron chi connectivity index (χ3n) is 4.59. The zero-order chi connectivity index (χ0) is 24.6. The van der Waals surface area contributed by atoms with Gasteiger partial charge in [-0.1, -0.05) is 52.0 Å². The lowest BCUT2D eigenvalue weighted by molar-refractivity contribution is -0.116. The Bertz CT molecular complexity index is 1310. The molecule has 180 valence electrons. The Morgan fingerprint density at radius 1 is 1.11 bits per heavy atom. The molecule has 0 bridgehead atoms. The molecule has 0 aliphatic rings. The lowest BCUT2D eigenvalue weighted by atomic mass is 10.2. The molecule has 2 amide bonds. The third-order valence-corrected chi connectivity index (χ3v) is 6.97. The Labute approximate surface area is 213 Å². The quantitative estimate of drug-likeness (QED) is 0.222. The molecule has 1 aromatic carbocycles. The molecule has 3 heterocycles. The van der Waals surface area contributed by atoms with E-state index in [1.165, 1.54) is 23.1 Å². The molecule has 0 saturated carbocycles. The smallest absolute Gasteiger partial charge is 0.227 e. The number of hydrogen-bond donors (Lipinski definition) is 2. The summed E-state index contributed by atoms with van der Waals surface area (Å²) < 4.78 is 5.84. The summed E-state index contributed by atoms with van der Waals surface area (Å²) in [7, 11) is 0. The van der Waals surface area contributed by atoms with Crippen LogP contribution >= 0.6 is 34.7 Å². The number of nitrogens with one attached hydrogen (secondary N) is 2. The van der Waals surface area contributed by atoms with E-state index >= 15 is 0 Å². The minimum absolute atomic E-state index is 0.123. The van der Waals surface area contributed by atoms with Crippen molar-refractivity contribution in [2.24, 2.45) is 0 Å². The van der Waals surface area contributed by atoms with Gasteiger partial charge in [-0.25, -0.2) is 0 Å². The molecule has 4 rings (SSSR count). The summed E-state index contributed by atoms with van der Waals surface area (Å²) in [5.74, 6) is 0.877. The van der Waals surface area contributed by atoms with Crippen molar-refractivity contribution in [1.29, 1.82) is 0 Å². The molecular weight excluding hydrogens is 510 g/mol. The van der Waals surface area contributed by atoms with Crippen LogP contribution in [-0.2, 0) is 16.0 Å². The number of hydrogen-bond acceptors (Lipinski definition) is 10. The maximum atomic E-state index is 12.3. The second kappa shape index (κ2) is 11.9. The number of anilines is 2. The Morgan fingerprint density at radius 2 is 1.97 bits per heavy atom. The van der Waals surface area contributed by atoms with Gasteiger partial charge in [0.1, 0.15) is 5.69 Å². The van der Waals surface area contributed by atoms with Gasteiger partial charge in [0.15, 0.2) is 4.34 Å². The Hall–Kier alpha value is -3.35. The van der Waals surface area contributed by atoms with Crippen molar-refractivity contribution in [1.82, 2.24) is 25.3 Å². The Morgan fingerprint density at radius 3 is 2.77 bits per heavy atom. The number of halogens is 1. The normalized spacial score (nSPS) is 10.8. The fraction of sp³-hybridized carbons (Fsp3) is 0.227. The number of aromatic nitrogens is 5. The molecule has 0 fully saturated rings. The molecular formula is C22H20ClN7O3S2. The first-order chi connectivity index (χ1) is 17.0. The summed E-state index contributed by atoms with van der Waals surface area (Å²) in [6.07, 6.45) is 2.37. The van der Waals surface area contributed by atoms with E-state index in [0.717, 1.165) is 5.56 Å². The first-order valence-electron chi connectivity index (χ1n) is 10.5. The van der Waals surface area contributed by atoms with Gasteiger partial charge < -0.3 is 15.2 Å². The molecule has 0 unspecified atom stereocenters. The van der Waals surface area contributed by atoms with E-state index in [1.807, 2.05) is 25.1 Å². The molecule has 13 heteroatoms. The number of benzene rings is 1. The predicted molar refractivity (Wildman–Crippen MR) is 135 cm³/mol. The molecule has 0 atom stereocenters. The van der Waals surface area contributed by atoms with Crippen molar-refractivity contribution in [3.05, 3.63) is 59.1 Å². The zero-order valence-electron chi connectivity index (χ0n) is 18.5. The van der Waals surface area contributed by atoms with Gasteiger partial charge in [-0.3, -0.25) is 14.6 Å². The molecule has 4 aromatic rings. The largest absolute Gasteiger partial charge is 0.339 e. The van der Waals surface area contributed by atoms with Gasteiger partial charge in [-0.2, -0.15) is 4.98 Å². The van der Waals surface area contributed by atoms with Crippen molar-refractivity contribution < 1.29 is 14.1 Å². The SMILES string of the molecule is Cc1ccc(NC(=O)CCSc2nnc(NC(=O)CCc3nc(-c4ccccn4)no3)s2)cc1Cl. The minimum Gasteiger partial charge on any atom is -0.339 e. The minimum atomic E-state index is -0.244. The maximum Gasteiger partial charge on any atom is 0.227 e. The molecule has 3 aromatic heterocycles. The fourth-order valence-corrected chi connectivity index (χ4v) is 4.76. The molecule has 0 saturated heterocycles. The van der Waals surface area contributed by atoms with Crippen LogP contribution in [0.15, 0.2) is 51.5 Å². The van der Waals surface area contributed by atoms with Gasteiger partial charge in [-0.05, 0) is 36.8 Å². The van der Waals surface area contributed by atoms with Crippen LogP contribution in [-0.4, -0.2) is 42.9 Å². The van der Waals surface area contributed by atoms with E-state index < -0.39 is 0 Å². The average Bonchev–Trinajstić information content (AvgIpc) is 3.50. The van der Waals surface area contributed by atoms with E-state index in [4.69, 9.17) is 16.1 Å². The summed E-state index contributed by atoms with van der Waals surface area (Å²) in [4.78, 5) is 32.8. The van der Waals surface area contributed by atoms with Crippen LogP contribution in [0.1, 0.15) is 24.3 Å². The molecule has 10 nitrogen and oxygen atoms in total. The van der Waals surface area contributed by atoms with Gasteiger partial charge >= 0.3 is 0 Å². The number of aryl methyl sites for hydroxylation is 2. The highest BCUT2D eigenvalue weighted by atomic mass is 35.5. The van der Waals surface area contributed by atoms with Gasteiger partial charge in [0.25, 0.3) is 0 Å². The predicted octanol–water partition coefficient (Wildman–Crippen LogP) is 4.64. The highest BCUT2D eigenvalue weighted by molar-refractivity contribution is 8.01. The number of nitrogens with zero attached hydrogens (tertiary/aromatic N) is 5. The van der Waals surface area contributed by atoms with Crippen LogP contribution in [0.5, 0.6) is 0 Å². The summed E-state index contributed by atoms with van der Waals surface area (Å²) in [5.41, 5.74) is 2.21. The van der Waals surface area contributed by atoms with Crippen molar-refractivity contribution in [3.63, 3.8) is 0 Å². The van der Waals surface area contributed by atoms with E-state index in [1.54, 1.807) is 24.4 Å². The first kappa shape index (κ1) is 24.8. The van der Waals surface area contributed by atoms with E-state index in [2.05, 4.69) is 36.0 Å². The lowest BCUT2D eigenvalue weighted by Crippen LogP contribution is -2.12. The highest BCUT2D eigenvalue weighted by Gasteiger charge is 2.13. The van der Waals surface area contributed by atoms with Crippen molar-refractivity contribution in [2.45, 2.75) is 30.5 Å². The van der Waals surface area contributed by atoms with Crippen LogP contribution < -0.4 is 10.6 Å². The molecule has 2 N–H and O–H groups in total. The number of carbonyl (C=O) groups is 2. The second-order valence-corrected chi connectivity index (χ2v) is 9.99. The number of thioether (sulfide) groups is 1. The second-order valence-electron chi connectivity index (χ2n) is 7.26.